The van der Waals surface area contributed by atoms with E-state index in [1.165, 1.54) is 13.8 Å². The normalized spacial score (nSPS) is 18.3. The molecule has 0 saturated heterocycles. The van der Waals surface area contributed by atoms with Gasteiger partial charge in [-0.1, -0.05) is 41.5 Å². The van der Waals surface area contributed by atoms with Crippen LogP contribution >= 0.6 is 0 Å². The number of alkyl halides is 6. The second-order valence-corrected chi connectivity index (χ2v) is 6.21. The average molecular weight is 292 g/mol. The Kier molecular flexibility index (Phi) is 4.74. The number of hydrogen-bond donors (Lipinski definition) is 0. The molecule has 1 unspecified atom stereocenters. The fourth-order valence-electron chi connectivity index (χ4n) is 1.92. The summed E-state index contributed by atoms with van der Waals surface area (Å²) in [6.07, 6.45) is -6.25. The minimum Gasteiger partial charge on any atom is -0.226 e. The first-order chi connectivity index (χ1) is 8.12. The molecular formula is C13H22F6. The van der Waals surface area contributed by atoms with Gasteiger partial charge < -0.3 is 0 Å². The van der Waals surface area contributed by atoms with Gasteiger partial charge in [-0.15, -0.1) is 0 Å². The Labute approximate surface area is 110 Å². The number of halogens is 6. The van der Waals surface area contributed by atoms with Crippen molar-refractivity contribution in [1.29, 1.82) is 0 Å². The van der Waals surface area contributed by atoms with Crippen molar-refractivity contribution in [3.63, 3.8) is 0 Å². The first-order valence-corrected chi connectivity index (χ1v) is 6.26. The smallest absolute Gasteiger partial charge is 0.226 e. The molecule has 0 heterocycles. The summed E-state index contributed by atoms with van der Waals surface area (Å²) in [7, 11) is 0. The molecule has 19 heavy (non-hydrogen) atoms. The molecule has 0 aliphatic carbocycles. The fourth-order valence-corrected chi connectivity index (χ4v) is 1.92. The molecule has 0 bridgehead atoms. The van der Waals surface area contributed by atoms with Crippen LogP contribution in [0.5, 0.6) is 0 Å². The lowest BCUT2D eigenvalue weighted by atomic mass is 9.63. The molecule has 0 aliphatic heterocycles. The van der Waals surface area contributed by atoms with Crippen molar-refractivity contribution in [3.8, 4) is 0 Å². The molecular weight excluding hydrogens is 270 g/mol. The summed E-state index contributed by atoms with van der Waals surface area (Å²) in [4.78, 5) is 0. The molecule has 0 amide bonds. The van der Waals surface area contributed by atoms with Gasteiger partial charge in [-0.05, 0) is 12.8 Å². The van der Waals surface area contributed by atoms with Crippen LogP contribution in [0.2, 0.25) is 0 Å². The van der Waals surface area contributed by atoms with E-state index in [-0.39, 0.29) is 12.8 Å². The predicted molar refractivity (Wildman–Crippen MR) is 63.0 cm³/mol. The summed E-state index contributed by atoms with van der Waals surface area (Å²) in [5, 5.41) is 0. The van der Waals surface area contributed by atoms with Gasteiger partial charge in [0.2, 0.25) is 0 Å². The summed E-state index contributed by atoms with van der Waals surface area (Å²) in [6.45, 7) is 6.29. The van der Waals surface area contributed by atoms with Gasteiger partial charge in [0.15, 0.2) is 0 Å². The fraction of sp³-hybridized carbons (Fsp3) is 1.00. The molecule has 116 valence electrons. The highest BCUT2D eigenvalue weighted by Crippen LogP contribution is 2.62. The molecule has 0 aromatic carbocycles. The molecule has 0 radical (unpaired) electrons. The Bertz CT molecular complexity index is 316. The Morgan fingerprint density at radius 2 is 0.947 bits per heavy atom. The standard InChI is InChI=1S/C13H22F6/c1-7-9(3,4)11(14,13(17,18)19)12(15,16)10(5,6)8-2/h7-8H2,1-6H3. The Hall–Kier alpha value is -0.420. The zero-order valence-electron chi connectivity index (χ0n) is 12.2. The van der Waals surface area contributed by atoms with E-state index < -0.39 is 28.6 Å². The van der Waals surface area contributed by atoms with Gasteiger partial charge in [0, 0.05) is 10.8 Å². The van der Waals surface area contributed by atoms with Crippen molar-refractivity contribution in [3.05, 3.63) is 0 Å². The highest BCUT2D eigenvalue weighted by Gasteiger charge is 2.79. The van der Waals surface area contributed by atoms with Crippen molar-refractivity contribution in [2.75, 3.05) is 0 Å². The van der Waals surface area contributed by atoms with Gasteiger partial charge in [-0.3, -0.25) is 0 Å². The summed E-state index contributed by atoms with van der Waals surface area (Å²) < 4.78 is 82.6. The summed E-state index contributed by atoms with van der Waals surface area (Å²) >= 11 is 0. The zero-order chi connectivity index (χ0) is 15.9. The minimum atomic E-state index is -5.64. The van der Waals surface area contributed by atoms with Crippen LogP contribution in [0, 0.1) is 10.8 Å². The van der Waals surface area contributed by atoms with Crippen LogP contribution in [-0.4, -0.2) is 17.8 Å². The molecule has 0 N–H and O–H groups in total. The van der Waals surface area contributed by atoms with Crippen molar-refractivity contribution < 1.29 is 26.3 Å². The van der Waals surface area contributed by atoms with Gasteiger partial charge in [0.05, 0.1) is 0 Å². The number of hydrogen-bond acceptors (Lipinski definition) is 0. The summed E-state index contributed by atoms with van der Waals surface area (Å²) in [5.74, 6) is -4.52. The maximum Gasteiger partial charge on any atom is 0.429 e. The van der Waals surface area contributed by atoms with Crippen LogP contribution in [0.4, 0.5) is 26.3 Å². The first kappa shape index (κ1) is 18.6. The van der Waals surface area contributed by atoms with E-state index in [1.807, 2.05) is 0 Å². The third-order valence-corrected chi connectivity index (χ3v) is 4.37. The van der Waals surface area contributed by atoms with E-state index in [0.29, 0.717) is 0 Å². The average Bonchev–Trinajstić information content (AvgIpc) is 2.25. The zero-order valence-corrected chi connectivity index (χ0v) is 12.2. The molecule has 0 saturated carbocycles. The lowest BCUT2D eigenvalue weighted by Gasteiger charge is -2.50. The van der Waals surface area contributed by atoms with Crippen molar-refractivity contribution in [1.82, 2.24) is 0 Å². The molecule has 0 nitrogen and oxygen atoms in total. The van der Waals surface area contributed by atoms with E-state index in [1.54, 1.807) is 0 Å². The predicted octanol–water partition coefficient (Wildman–Crippen LogP) is 5.76. The molecule has 0 aromatic rings. The van der Waals surface area contributed by atoms with Gasteiger partial charge in [0.25, 0.3) is 11.6 Å². The highest BCUT2D eigenvalue weighted by molar-refractivity contribution is 5.12. The largest absolute Gasteiger partial charge is 0.429 e. The number of rotatable bonds is 5. The minimum absolute atomic E-state index is 0.262. The molecule has 0 rings (SSSR count). The SMILES string of the molecule is CCC(C)(C)C(F)(F)C(F)(C(F)(F)F)C(C)(C)CC. The maximum absolute atomic E-state index is 14.7. The summed E-state index contributed by atoms with van der Waals surface area (Å²) in [5.41, 5.74) is -8.88. The molecule has 0 aromatic heterocycles. The van der Waals surface area contributed by atoms with Crippen LogP contribution in [0.1, 0.15) is 54.4 Å². The third-order valence-electron chi connectivity index (χ3n) is 4.37. The summed E-state index contributed by atoms with van der Waals surface area (Å²) in [6, 6.07) is 0. The topological polar surface area (TPSA) is 0 Å². The lowest BCUT2D eigenvalue weighted by molar-refractivity contribution is -0.360. The quantitative estimate of drug-likeness (QED) is 0.565. The van der Waals surface area contributed by atoms with Gasteiger partial charge in [0.1, 0.15) is 0 Å². The van der Waals surface area contributed by atoms with Crippen molar-refractivity contribution >= 4 is 0 Å². The molecule has 0 fully saturated rings. The second-order valence-electron chi connectivity index (χ2n) is 6.21. The second kappa shape index (κ2) is 4.85. The first-order valence-electron chi connectivity index (χ1n) is 6.26. The van der Waals surface area contributed by atoms with E-state index >= 15 is 0 Å². The monoisotopic (exact) mass is 292 g/mol. The molecule has 1 atom stereocenters. The van der Waals surface area contributed by atoms with Crippen LogP contribution in [0.25, 0.3) is 0 Å². The van der Waals surface area contributed by atoms with Crippen molar-refractivity contribution in [2.45, 2.75) is 72.2 Å². The van der Waals surface area contributed by atoms with Crippen molar-refractivity contribution in [2.24, 2.45) is 10.8 Å². The maximum atomic E-state index is 14.7. The van der Waals surface area contributed by atoms with E-state index in [0.717, 1.165) is 27.7 Å². The van der Waals surface area contributed by atoms with E-state index in [4.69, 9.17) is 0 Å². The Morgan fingerprint density at radius 3 is 1.16 bits per heavy atom. The highest BCUT2D eigenvalue weighted by atomic mass is 19.4. The molecule has 6 heteroatoms. The lowest BCUT2D eigenvalue weighted by Crippen LogP contribution is -2.68. The van der Waals surface area contributed by atoms with Crippen LogP contribution < -0.4 is 0 Å². The molecule has 0 aliphatic rings. The Morgan fingerprint density at radius 1 is 0.632 bits per heavy atom. The van der Waals surface area contributed by atoms with Crippen LogP contribution in [0.3, 0.4) is 0 Å². The molecule has 0 spiro atoms. The van der Waals surface area contributed by atoms with Gasteiger partial charge >= 0.3 is 6.18 Å². The van der Waals surface area contributed by atoms with Gasteiger partial charge in [-0.25, -0.2) is 13.2 Å². The van der Waals surface area contributed by atoms with Crippen LogP contribution in [0.15, 0.2) is 0 Å². The van der Waals surface area contributed by atoms with E-state index in [2.05, 4.69) is 0 Å². The Balaban J connectivity index is 6.21. The van der Waals surface area contributed by atoms with Gasteiger partial charge in [-0.2, -0.15) is 13.2 Å². The van der Waals surface area contributed by atoms with E-state index in [9.17, 15) is 26.3 Å². The van der Waals surface area contributed by atoms with Crippen LogP contribution in [-0.2, 0) is 0 Å². The third kappa shape index (κ3) is 2.47.